The third kappa shape index (κ3) is 88.0. The third-order valence-electron chi connectivity index (χ3n) is 0. The maximum Gasteiger partial charge on any atom is 0.214 e. The normalized spacial score (nSPS) is 4.17. The first-order chi connectivity index (χ1) is 1.73. The van der Waals surface area contributed by atoms with Crippen LogP contribution in [0.25, 0.3) is 0 Å². The fraction of sp³-hybridized carbons (Fsp3) is 0.500. The van der Waals surface area contributed by atoms with Gasteiger partial charge in [-0.25, -0.2) is 0 Å². The van der Waals surface area contributed by atoms with E-state index in [0.717, 1.165) is 0 Å². The van der Waals surface area contributed by atoms with Crippen LogP contribution in [0.5, 0.6) is 0 Å². The lowest BCUT2D eigenvalue weighted by Crippen LogP contribution is -2.01. The third-order valence-corrected chi connectivity index (χ3v) is 0. The fourth-order valence-electron chi connectivity index (χ4n) is 0. The van der Waals surface area contributed by atoms with Gasteiger partial charge in [-0.05, 0) is 0 Å². The molecule has 6 heavy (non-hydrogen) atoms. The lowest BCUT2D eigenvalue weighted by molar-refractivity contribution is -0.115. The first-order valence-electron chi connectivity index (χ1n) is 0.993. The molecule has 0 saturated heterocycles. The van der Waals surface area contributed by atoms with Crippen molar-refractivity contribution in [1.29, 1.82) is 0 Å². The topological polar surface area (TPSA) is 43.1 Å². The van der Waals surface area contributed by atoms with E-state index in [9.17, 15) is 4.79 Å². The van der Waals surface area contributed by atoms with Crippen LogP contribution in [0.1, 0.15) is 6.92 Å². The highest BCUT2D eigenvalue weighted by molar-refractivity contribution is 14.0. The van der Waals surface area contributed by atoms with E-state index >= 15 is 0 Å². The van der Waals surface area contributed by atoms with Gasteiger partial charge in [0.05, 0.1) is 0 Å². The average molecular weight is 315 g/mol. The maximum absolute atomic E-state index is 9.22. The van der Waals surface area contributed by atoms with Crippen molar-refractivity contribution in [3.8, 4) is 0 Å². The summed E-state index contributed by atoms with van der Waals surface area (Å²) in [5, 5.41) is 0. The monoisotopic (exact) mass is 315 g/mol. The van der Waals surface area contributed by atoms with Gasteiger partial charge in [-0.1, -0.05) is 0 Å². The van der Waals surface area contributed by atoms with Crippen LogP contribution < -0.4 is 5.73 Å². The largest absolute Gasteiger partial charge is 0.370 e. The van der Waals surface area contributed by atoms with Crippen molar-refractivity contribution in [3.63, 3.8) is 0 Å². The summed E-state index contributed by atoms with van der Waals surface area (Å²) in [6.45, 7) is 1.31. The molecular formula is C2H7I2NO. The van der Waals surface area contributed by atoms with Crippen LogP contribution in [0.3, 0.4) is 0 Å². The van der Waals surface area contributed by atoms with Crippen molar-refractivity contribution in [1.82, 2.24) is 0 Å². The zero-order chi connectivity index (χ0) is 3.58. The number of amides is 1. The standard InChI is InChI=1S/C2H5NO.2HI/c1-2(3)4;;/h1H3,(H2,3,4);2*1H. The highest BCUT2D eigenvalue weighted by Crippen LogP contribution is 1.33. The molecule has 4 heteroatoms. The number of hydrogen-bond acceptors (Lipinski definition) is 1. The van der Waals surface area contributed by atoms with Gasteiger partial charge in [-0.2, -0.15) is 0 Å². The smallest absolute Gasteiger partial charge is 0.214 e. The Labute approximate surface area is 70.9 Å². The van der Waals surface area contributed by atoms with Crippen molar-refractivity contribution >= 4 is 53.9 Å². The van der Waals surface area contributed by atoms with Gasteiger partial charge in [0.1, 0.15) is 0 Å². The Balaban J connectivity index is -0.0000000450. The molecule has 2 N–H and O–H groups in total. The minimum Gasteiger partial charge on any atom is -0.370 e. The molecule has 0 radical (unpaired) electrons. The highest BCUT2D eigenvalue weighted by atomic mass is 127. The molecule has 0 saturated carbocycles. The predicted octanol–water partition coefficient (Wildman–Crippen LogP) is 0.728. The van der Waals surface area contributed by atoms with E-state index in [-0.39, 0.29) is 53.9 Å². The van der Waals surface area contributed by atoms with Gasteiger partial charge in [-0.15, -0.1) is 48.0 Å². The molecule has 0 heterocycles. The molecule has 0 aliphatic rings. The average Bonchev–Trinajstić information content (AvgIpc) is 0.811. The van der Waals surface area contributed by atoms with Crippen LogP contribution in [0.4, 0.5) is 0 Å². The van der Waals surface area contributed by atoms with Crippen molar-refractivity contribution in [2.45, 2.75) is 6.92 Å². The molecule has 0 atom stereocenters. The van der Waals surface area contributed by atoms with E-state index in [1.54, 1.807) is 0 Å². The Morgan fingerprint density at radius 2 is 1.50 bits per heavy atom. The molecule has 0 unspecified atom stereocenters. The number of carbonyl (C=O) groups excluding carboxylic acids is 1. The van der Waals surface area contributed by atoms with Gasteiger partial charge in [0.25, 0.3) is 0 Å². The first-order valence-corrected chi connectivity index (χ1v) is 0.993. The summed E-state index contributed by atoms with van der Waals surface area (Å²) < 4.78 is 0. The molecular weight excluding hydrogens is 308 g/mol. The summed E-state index contributed by atoms with van der Waals surface area (Å²) in [6, 6.07) is 0. The Morgan fingerprint density at radius 3 is 1.50 bits per heavy atom. The lowest BCUT2D eigenvalue weighted by atomic mass is 10.8. The molecule has 0 aromatic carbocycles. The van der Waals surface area contributed by atoms with Gasteiger partial charge in [0, 0.05) is 6.92 Å². The number of nitrogens with two attached hydrogens (primary N) is 1. The van der Waals surface area contributed by atoms with Crippen LogP contribution in [0.2, 0.25) is 0 Å². The van der Waals surface area contributed by atoms with E-state index in [4.69, 9.17) is 0 Å². The van der Waals surface area contributed by atoms with Crippen LogP contribution in [-0.4, -0.2) is 5.91 Å². The number of rotatable bonds is 0. The van der Waals surface area contributed by atoms with Gasteiger partial charge < -0.3 is 5.73 Å². The highest BCUT2D eigenvalue weighted by Gasteiger charge is 1.61. The van der Waals surface area contributed by atoms with Crippen molar-refractivity contribution in [2.24, 2.45) is 5.73 Å². The van der Waals surface area contributed by atoms with E-state index in [2.05, 4.69) is 5.73 Å². The molecule has 0 aliphatic carbocycles. The minimum absolute atomic E-state index is 0. The molecule has 0 fully saturated rings. The molecule has 0 rings (SSSR count). The molecule has 0 aliphatic heterocycles. The number of halogens is 2. The summed E-state index contributed by atoms with van der Waals surface area (Å²) in [6.07, 6.45) is 0. The molecule has 0 aromatic heterocycles. The quantitative estimate of drug-likeness (QED) is 0.658. The molecule has 0 aromatic rings. The van der Waals surface area contributed by atoms with Crippen LogP contribution >= 0.6 is 48.0 Å². The Kier molecular flexibility index (Phi) is 24.5. The number of hydrogen-bond donors (Lipinski definition) is 1. The first kappa shape index (κ1) is 15.8. The molecule has 1 amide bonds. The Hall–Kier alpha value is 0.930. The zero-order valence-electron chi connectivity index (χ0n) is 3.30. The molecule has 0 bridgehead atoms. The predicted molar refractivity (Wildman–Crippen MR) is 45.7 cm³/mol. The SMILES string of the molecule is CC(N)=O.I.I. The van der Waals surface area contributed by atoms with Gasteiger partial charge in [-0.3, -0.25) is 4.79 Å². The van der Waals surface area contributed by atoms with Crippen LogP contribution in [0.15, 0.2) is 0 Å². The summed E-state index contributed by atoms with van der Waals surface area (Å²) >= 11 is 0. The minimum atomic E-state index is -0.333. The summed E-state index contributed by atoms with van der Waals surface area (Å²) in [7, 11) is 0. The van der Waals surface area contributed by atoms with Gasteiger partial charge in [0.15, 0.2) is 0 Å². The Bertz CT molecular complexity index is 34.5. The lowest BCUT2D eigenvalue weighted by Gasteiger charge is -1.60. The van der Waals surface area contributed by atoms with Crippen molar-refractivity contribution in [2.75, 3.05) is 0 Å². The summed E-state index contributed by atoms with van der Waals surface area (Å²) in [4.78, 5) is 9.22. The van der Waals surface area contributed by atoms with Gasteiger partial charge >= 0.3 is 0 Å². The second kappa shape index (κ2) is 9.33. The summed E-state index contributed by atoms with van der Waals surface area (Å²) in [5.41, 5.74) is 4.47. The number of primary amides is 1. The van der Waals surface area contributed by atoms with Crippen molar-refractivity contribution < 1.29 is 4.79 Å². The van der Waals surface area contributed by atoms with E-state index in [1.807, 2.05) is 0 Å². The van der Waals surface area contributed by atoms with Gasteiger partial charge in [0.2, 0.25) is 5.91 Å². The van der Waals surface area contributed by atoms with E-state index in [0.29, 0.717) is 0 Å². The zero-order valence-corrected chi connectivity index (χ0v) is 7.96. The van der Waals surface area contributed by atoms with E-state index < -0.39 is 0 Å². The Morgan fingerprint density at radius 1 is 1.50 bits per heavy atom. The second-order valence-corrected chi connectivity index (χ2v) is 0.611. The van der Waals surface area contributed by atoms with E-state index in [1.165, 1.54) is 6.92 Å². The molecule has 0 spiro atoms. The maximum atomic E-state index is 9.22. The van der Waals surface area contributed by atoms with Crippen molar-refractivity contribution in [3.05, 3.63) is 0 Å². The fourth-order valence-corrected chi connectivity index (χ4v) is 0. The summed E-state index contributed by atoms with van der Waals surface area (Å²) in [5.74, 6) is -0.333. The van der Waals surface area contributed by atoms with Crippen LogP contribution in [0, 0.1) is 0 Å². The second-order valence-electron chi connectivity index (χ2n) is 0.611. The molecule has 40 valence electrons. The van der Waals surface area contributed by atoms with Crippen LogP contribution in [-0.2, 0) is 4.79 Å². The molecule has 2 nitrogen and oxygen atoms in total. The number of carbonyl (C=O) groups is 1.